The van der Waals surface area contributed by atoms with Crippen LogP contribution in [0.15, 0.2) is 12.4 Å². The second kappa shape index (κ2) is 3.70. The molecule has 0 aromatic carbocycles. The van der Waals surface area contributed by atoms with Crippen molar-refractivity contribution in [3.05, 3.63) is 18.0 Å². The van der Waals surface area contributed by atoms with Crippen LogP contribution in [0.3, 0.4) is 0 Å². The van der Waals surface area contributed by atoms with Crippen LogP contribution in [-0.2, 0) is 0 Å². The standard InChI is InChI=1S/C12H18N4/c1-9-3-13-12(14-4-9)16-7-10-5-15(2)6-11(10)8-16/h3-4,10-11H,5-8H2,1-2H3. The molecule has 2 atom stereocenters. The van der Waals surface area contributed by atoms with Gasteiger partial charge in [-0.05, 0) is 31.4 Å². The van der Waals surface area contributed by atoms with Crippen LogP contribution in [-0.4, -0.2) is 48.1 Å². The number of nitrogens with zero attached hydrogens (tertiary/aromatic N) is 4. The first kappa shape index (κ1) is 10.0. The quantitative estimate of drug-likeness (QED) is 0.697. The zero-order valence-corrected chi connectivity index (χ0v) is 9.93. The van der Waals surface area contributed by atoms with Gasteiger partial charge in [0.2, 0.25) is 5.95 Å². The van der Waals surface area contributed by atoms with Crippen molar-refractivity contribution in [2.24, 2.45) is 11.8 Å². The Bertz CT molecular complexity index is 361. The first-order valence-electron chi connectivity index (χ1n) is 5.94. The molecule has 2 fully saturated rings. The zero-order valence-electron chi connectivity index (χ0n) is 9.93. The van der Waals surface area contributed by atoms with Gasteiger partial charge < -0.3 is 9.80 Å². The molecule has 0 saturated carbocycles. The molecule has 2 unspecified atom stereocenters. The smallest absolute Gasteiger partial charge is 0.225 e. The first-order chi connectivity index (χ1) is 7.72. The summed E-state index contributed by atoms with van der Waals surface area (Å²) in [6.07, 6.45) is 3.81. The lowest BCUT2D eigenvalue weighted by molar-refractivity contribution is 0.386. The Labute approximate surface area is 96.3 Å². The van der Waals surface area contributed by atoms with Crippen LogP contribution in [0.2, 0.25) is 0 Å². The molecular weight excluding hydrogens is 200 g/mol. The largest absolute Gasteiger partial charge is 0.340 e. The minimum absolute atomic E-state index is 0.815. The van der Waals surface area contributed by atoms with Crippen LogP contribution in [0, 0.1) is 18.8 Å². The highest BCUT2D eigenvalue weighted by molar-refractivity contribution is 5.32. The Morgan fingerprint density at radius 2 is 1.62 bits per heavy atom. The Morgan fingerprint density at radius 3 is 2.19 bits per heavy atom. The predicted octanol–water partition coefficient (Wildman–Crippen LogP) is 0.783. The van der Waals surface area contributed by atoms with E-state index in [0.717, 1.165) is 36.4 Å². The lowest BCUT2D eigenvalue weighted by atomic mass is 10.0. The lowest BCUT2D eigenvalue weighted by Gasteiger charge is -2.18. The fourth-order valence-electron chi connectivity index (χ4n) is 2.94. The third-order valence-corrected chi connectivity index (χ3v) is 3.72. The molecule has 2 saturated heterocycles. The average Bonchev–Trinajstić information content (AvgIpc) is 2.75. The van der Waals surface area contributed by atoms with Crippen molar-refractivity contribution < 1.29 is 0 Å². The summed E-state index contributed by atoms with van der Waals surface area (Å²) in [6.45, 7) is 6.73. The molecule has 1 aromatic heterocycles. The summed E-state index contributed by atoms with van der Waals surface area (Å²) in [5.41, 5.74) is 1.13. The highest BCUT2D eigenvalue weighted by atomic mass is 15.3. The van der Waals surface area contributed by atoms with Crippen molar-refractivity contribution in [2.45, 2.75) is 6.92 Å². The average molecular weight is 218 g/mol. The molecule has 0 radical (unpaired) electrons. The zero-order chi connectivity index (χ0) is 11.1. The van der Waals surface area contributed by atoms with Crippen molar-refractivity contribution in [2.75, 3.05) is 38.1 Å². The number of fused-ring (bicyclic) bond motifs is 1. The minimum atomic E-state index is 0.815. The number of likely N-dealkylation sites (tertiary alicyclic amines) is 1. The summed E-state index contributed by atoms with van der Waals surface area (Å²) in [4.78, 5) is 13.6. The van der Waals surface area contributed by atoms with Gasteiger partial charge >= 0.3 is 0 Å². The minimum Gasteiger partial charge on any atom is -0.340 e. The molecule has 2 aliphatic heterocycles. The molecule has 4 heteroatoms. The summed E-state index contributed by atoms with van der Waals surface area (Å²) in [7, 11) is 2.21. The van der Waals surface area contributed by atoms with Gasteiger partial charge in [-0.15, -0.1) is 0 Å². The Kier molecular flexibility index (Phi) is 2.32. The van der Waals surface area contributed by atoms with Crippen LogP contribution in [0.5, 0.6) is 0 Å². The predicted molar refractivity (Wildman–Crippen MR) is 63.5 cm³/mol. The highest BCUT2D eigenvalue weighted by Gasteiger charge is 2.39. The first-order valence-corrected chi connectivity index (χ1v) is 5.94. The molecule has 4 nitrogen and oxygen atoms in total. The Hall–Kier alpha value is -1.16. The van der Waals surface area contributed by atoms with Gasteiger partial charge in [0.1, 0.15) is 0 Å². The van der Waals surface area contributed by atoms with Crippen molar-refractivity contribution in [1.29, 1.82) is 0 Å². The van der Waals surface area contributed by atoms with Crippen LogP contribution in [0.1, 0.15) is 5.56 Å². The molecule has 3 heterocycles. The summed E-state index contributed by atoms with van der Waals surface area (Å²) < 4.78 is 0. The van der Waals surface area contributed by atoms with E-state index in [1.54, 1.807) is 0 Å². The number of hydrogen-bond donors (Lipinski definition) is 0. The summed E-state index contributed by atoms with van der Waals surface area (Å²) >= 11 is 0. The Morgan fingerprint density at radius 1 is 1.06 bits per heavy atom. The second-order valence-corrected chi connectivity index (χ2v) is 5.21. The third kappa shape index (κ3) is 1.67. The lowest BCUT2D eigenvalue weighted by Crippen LogP contribution is -2.27. The SMILES string of the molecule is Cc1cnc(N2CC3CN(C)CC3C2)nc1. The fourth-order valence-corrected chi connectivity index (χ4v) is 2.94. The normalized spacial score (nSPS) is 29.8. The van der Waals surface area contributed by atoms with E-state index in [9.17, 15) is 0 Å². The maximum Gasteiger partial charge on any atom is 0.225 e. The van der Waals surface area contributed by atoms with Crippen molar-refractivity contribution in [3.63, 3.8) is 0 Å². The van der Waals surface area contributed by atoms with Gasteiger partial charge in [0.25, 0.3) is 0 Å². The summed E-state index contributed by atoms with van der Waals surface area (Å²) in [6, 6.07) is 0. The Balaban J connectivity index is 1.73. The van der Waals surface area contributed by atoms with Gasteiger partial charge in [0.05, 0.1) is 0 Å². The molecule has 1 aromatic rings. The van der Waals surface area contributed by atoms with Crippen molar-refractivity contribution >= 4 is 5.95 Å². The van der Waals surface area contributed by atoms with Crippen molar-refractivity contribution in [1.82, 2.24) is 14.9 Å². The van der Waals surface area contributed by atoms with E-state index in [0.29, 0.717) is 0 Å². The van der Waals surface area contributed by atoms with Crippen molar-refractivity contribution in [3.8, 4) is 0 Å². The van der Waals surface area contributed by atoms with E-state index < -0.39 is 0 Å². The van der Waals surface area contributed by atoms with E-state index in [1.807, 2.05) is 19.3 Å². The highest BCUT2D eigenvalue weighted by Crippen LogP contribution is 2.31. The summed E-state index contributed by atoms with van der Waals surface area (Å²) in [5.74, 6) is 2.53. The fraction of sp³-hybridized carbons (Fsp3) is 0.667. The number of rotatable bonds is 1. The monoisotopic (exact) mass is 218 g/mol. The van der Waals surface area contributed by atoms with Gasteiger partial charge in [-0.1, -0.05) is 0 Å². The van der Waals surface area contributed by atoms with E-state index in [-0.39, 0.29) is 0 Å². The van der Waals surface area contributed by atoms with Gasteiger partial charge in [-0.3, -0.25) is 0 Å². The maximum atomic E-state index is 4.41. The molecule has 3 rings (SSSR count). The van der Waals surface area contributed by atoms with E-state index in [2.05, 4.69) is 26.8 Å². The molecule has 0 N–H and O–H groups in total. The van der Waals surface area contributed by atoms with Crippen LogP contribution in [0.4, 0.5) is 5.95 Å². The number of anilines is 1. The van der Waals surface area contributed by atoms with E-state index in [1.165, 1.54) is 13.1 Å². The van der Waals surface area contributed by atoms with Gasteiger partial charge in [0.15, 0.2) is 0 Å². The van der Waals surface area contributed by atoms with E-state index >= 15 is 0 Å². The van der Waals surface area contributed by atoms with Crippen LogP contribution in [0.25, 0.3) is 0 Å². The molecule has 0 bridgehead atoms. The topological polar surface area (TPSA) is 32.3 Å². The molecule has 16 heavy (non-hydrogen) atoms. The maximum absolute atomic E-state index is 4.41. The second-order valence-electron chi connectivity index (χ2n) is 5.21. The molecule has 86 valence electrons. The molecule has 0 spiro atoms. The number of aryl methyl sites for hydroxylation is 1. The molecule has 2 aliphatic rings. The van der Waals surface area contributed by atoms with E-state index in [4.69, 9.17) is 0 Å². The van der Waals surface area contributed by atoms with Crippen LogP contribution >= 0.6 is 0 Å². The molecule has 0 amide bonds. The van der Waals surface area contributed by atoms with Gasteiger partial charge in [-0.2, -0.15) is 0 Å². The molecule has 0 aliphatic carbocycles. The molecular formula is C12H18N4. The van der Waals surface area contributed by atoms with Gasteiger partial charge in [0, 0.05) is 38.6 Å². The number of aromatic nitrogens is 2. The number of hydrogen-bond acceptors (Lipinski definition) is 4. The van der Waals surface area contributed by atoms with Gasteiger partial charge in [-0.25, -0.2) is 9.97 Å². The summed E-state index contributed by atoms with van der Waals surface area (Å²) in [5, 5.41) is 0. The van der Waals surface area contributed by atoms with Crippen LogP contribution < -0.4 is 4.90 Å². The third-order valence-electron chi connectivity index (χ3n) is 3.72.